The van der Waals surface area contributed by atoms with Gasteiger partial charge in [-0.15, -0.1) is 0 Å². The normalized spacial score (nSPS) is 30.9. The highest BCUT2D eigenvalue weighted by atomic mass is 32.2. The molecule has 7 nitrogen and oxygen atoms in total. The van der Waals surface area contributed by atoms with Gasteiger partial charge in [0.15, 0.2) is 9.84 Å². The SMILES string of the molecule is O=C1CNC(C(=O)NC2C=CS(=O)(=O)C2)CN1. The van der Waals surface area contributed by atoms with Gasteiger partial charge in [0, 0.05) is 12.0 Å². The second-order valence-corrected chi connectivity index (χ2v) is 5.94. The van der Waals surface area contributed by atoms with Crippen LogP contribution in [-0.4, -0.2) is 51.2 Å². The van der Waals surface area contributed by atoms with E-state index < -0.39 is 21.9 Å². The van der Waals surface area contributed by atoms with Crippen molar-refractivity contribution in [2.45, 2.75) is 12.1 Å². The number of rotatable bonds is 2. The predicted molar refractivity (Wildman–Crippen MR) is 59.7 cm³/mol. The fourth-order valence-electron chi connectivity index (χ4n) is 1.70. The molecule has 2 amide bonds. The lowest BCUT2D eigenvalue weighted by Gasteiger charge is -2.24. The van der Waals surface area contributed by atoms with Gasteiger partial charge in [0.25, 0.3) is 0 Å². The van der Waals surface area contributed by atoms with E-state index in [9.17, 15) is 18.0 Å². The topological polar surface area (TPSA) is 104 Å². The van der Waals surface area contributed by atoms with Gasteiger partial charge in [0.05, 0.1) is 18.3 Å². The van der Waals surface area contributed by atoms with Gasteiger partial charge in [-0.05, 0) is 6.08 Å². The summed E-state index contributed by atoms with van der Waals surface area (Å²) in [6.07, 6.45) is 1.45. The molecule has 2 heterocycles. The van der Waals surface area contributed by atoms with Gasteiger partial charge < -0.3 is 10.6 Å². The molecule has 0 aromatic heterocycles. The van der Waals surface area contributed by atoms with Crippen LogP contribution in [0, 0.1) is 0 Å². The van der Waals surface area contributed by atoms with E-state index in [-0.39, 0.29) is 30.7 Å². The molecule has 2 unspecified atom stereocenters. The summed E-state index contributed by atoms with van der Waals surface area (Å²) in [7, 11) is -3.17. The maximum Gasteiger partial charge on any atom is 0.239 e. The lowest BCUT2D eigenvalue weighted by Crippen LogP contribution is -2.59. The molecule has 1 fully saturated rings. The minimum Gasteiger partial charge on any atom is -0.353 e. The Morgan fingerprint density at radius 2 is 2.24 bits per heavy atom. The van der Waals surface area contributed by atoms with Gasteiger partial charge in [-0.3, -0.25) is 14.9 Å². The van der Waals surface area contributed by atoms with Crippen LogP contribution >= 0.6 is 0 Å². The maximum absolute atomic E-state index is 11.7. The van der Waals surface area contributed by atoms with E-state index >= 15 is 0 Å². The zero-order valence-electron chi connectivity index (χ0n) is 8.97. The summed E-state index contributed by atoms with van der Waals surface area (Å²) >= 11 is 0. The third kappa shape index (κ3) is 3.04. The molecular weight excluding hydrogens is 246 g/mol. The van der Waals surface area contributed by atoms with E-state index in [4.69, 9.17) is 0 Å². The first kappa shape index (κ1) is 12.1. The highest BCUT2D eigenvalue weighted by molar-refractivity contribution is 7.94. The number of nitrogens with one attached hydrogen (secondary N) is 3. The molecule has 17 heavy (non-hydrogen) atoms. The molecule has 0 aromatic rings. The Labute approximate surface area is 98.6 Å². The molecule has 0 saturated carbocycles. The first-order valence-corrected chi connectivity index (χ1v) is 6.89. The molecule has 8 heteroatoms. The summed E-state index contributed by atoms with van der Waals surface area (Å²) in [6.45, 7) is 0.310. The van der Waals surface area contributed by atoms with Crippen LogP contribution in [0.4, 0.5) is 0 Å². The van der Waals surface area contributed by atoms with E-state index in [1.807, 2.05) is 0 Å². The van der Waals surface area contributed by atoms with E-state index in [1.165, 1.54) is 6.08 Å². The standard InChI is InChI=1S/C9H13N3O4S/c13-8-4-10-7(3-11-8)9(14)12-6-1-2-17(15,16)5-6/h1-2,6-7,10H,3-5H2,(H,11,13)(H,12,14). The van der Waals surface area contributed by atoms with E-state index in [1.54, 1.807) is 0 Å². The minimum atomic E-state index is -3.17. The molecular formula is C9H13N3O4S. The number of amides is 2. The van der Waals surface area contributed by atoms with Gasteiger partial charge in [0.2, 0.25) is 11.8 Å². The average Bonchev–Trinajstić information content (AvgIpc) is 2.59. The molecule has 2 atom stereocenters. The smallest absolute Gasteiger partial charge is 0.239 e. The molecule has 2 aliphatic rings. The van der Waals surface area contributed by atoms with Crippen LogP contribution in [0.15, 0.2) is 11.5 Å². The summed E-state index contributed by atoms with van der Waals surface area (Å²) in [5, 5.41) is 9.03. The van der Waals surface area contributed by atoms with Gasteiger partial charge in [-0.2, -0.15) is 0 Å². The molecule has 3 N–H and O–H groups in total. The van der Waals surface area contributed by atoms with Crippen LogP contribution in [0.2, 0.25) is 0 Å². The highest BCUT2D eigenvalue weighted by Crippen LogP contribution is 2.07. The molecule has 2 rings (SSSR count). The van der Waals surface area contributed by atoms with Crippen molar-refractivity contribution >= 4 is 21.7 Å². The van der Waals surface area contributed by atoms with Crippen LogP contribution in [0.3, 0.4) is 0 Å². The Morgan fingerprint density at radius 1 is 1.47 bits per heavy atom. The molecule has 0 aliphatic carbocycles. The van der Waals surface area contributed by atoms with Crippen molar-refractivity contribution in [2.24, 2.45) is 0 Å². The Balaban J connectivity index is 1.86. The van der Waals surface area contributed by atoms with Crippen LogP contribution < -0.4 is 16.0 Å². The van der Waals surface area contributed by atoms with Gasteiger partial charge >= 0.3 is 0 Å². The number of carbonyl (C=O) groups excluding carboxylic acids is 2. The Bertz CT molecular complexity index is 461. The zero-order chi connectivity index (χ0) is 12.5. The number of carbonyl (C=O) groups is 2. The lowest BCUT2D eigenvalue weighted by atomic mass is 10.2. The summed E-state index contributed by atoms with van der Waals surface area (Å²) in [4.78, 5) is 22.6. The highest BCUT2D eigenvalue weighted by Gasteiger charge is 2.28. The van der Waals surface area contributed by atoms with E-state index in [0.29, 0.717) is 0 Å². The van der Waals surface area contributed by atoms with Gasteiger partial charge in [-0.25, -0.2) is 8.42 Å². The Hall–Kier alpha value is -1.41. The largest absolute Gasteiger partial charge is 0.353 e. The van der Waals surface area contributed by atoms with Crippen molar-refractivity contribution < 1.29 is 18.0 Å². The number of piperazine rings is 1. The molecule has 0 spiro atoms. The predicted octanol–water partition coefficient (Wildman–Crippen LogP) is -2.50. The summed E-state index contributed by atoms with van der Waals surface area (Å²) < 4.78 is 22.3. The van der Waals surface area contributed by atoms with Crippen LogP contribution in [0.1, 0.15) is 0 Å². The average molecular weight is 259 g/mol. The molecule has 0 bridgehead atoms. The van der Waals surface area contributed by atoms with Crippen molar-refractivity contribution in [3.63, 3.8) is 0 Å². The maximum atomic E-state index is 11.7. The van der Waals surface area contributed by atoms with Crippen molar-refractivity contribution in [1.82, 2.24) is 16.0 Å². The zero-order valence-corrected chi connectivity index (χ0v) is 9.79. The van der Waals surface area contributed by atoms with E-state index in [0.717, 1.165) is 5.41 Å². The number of sulfone groups is 1. The van der Waals surface area contributed by atoms with Crippen molar-refractivity contribution in [3.05, 3.63) is 11.5 Å². The van der Waals surface area contributed by atoms with Crippen molar-refractivity contribution in [1.29, 1.82) is 0 Å². The van der Waals surface area contributed by atoms with Gasteiger partial charge in [0.1, 0.15) is 6.04 Å². The number of hydrogen-bond acceptors (Lipinski definition) is 5. The quantitative estimate of drug-likeness (QED) is 0.508. The van der Waals surface area contributed by atoms with E-state index in [2.05, 4.69) is 16.0 Å². The Kier molecular flexibility index (Phi) is 3.16. The van der Waals surface area contributed by atoms with Crippen LogP contribution in [0.25, 0.3) is 0 Å². The molecule has 94 valence electrons. The molecule has 2 aliphatic heterocycles. The Morgan fingerprint density at radius 3 is 2.76 bits per heavy atom. The first-order chi connectivity index (χ1) is 7.96. The first-order valence-electron chi connectivity index (χ1n) is 5.18. The second kappa shape index (κ2) is 4.46. The summed E-state index contributed by atoms with van der Waals surface area (Å²) in [5.74, 6) is -0.563. The minimum absolute atomic E-state index is 0.0941. The van der Waals surface area contributed by atoms with Gasteiger partial charge in [-0.1, -0.05) is 0 Å². The van der Waals surface area contributed by atoms with Crippen molar-refractivity contribution in [3.8, 4) is 0 Å². The molecule has 1 saturated heterocycles. The second-order valence-electron chi connectivity index (χ2n) is 4.01. The monoisotopic (exact) mass is 259 g/mol. The van der Waals surface area contributed by atoms with Crippen molar-refractivity contribution in [2.75, 3.05) is 18.8 Å². The molecule has 0 aromatic carbocycles. The van der Waals surface area contributed by atoms with Crippen LogP contribution in [-0.2, 0) is 19.4 Å². The fraction of sp³-hybridized carbons (Fsp3) is 0.556. The number of hydrogen-bond donors (Lipinski definition) is 3. The summed E-state index contributed by atoms with van der Waals surface area (Å²) in [5.41, 5.74) is 0. The fourth-order valence-corrected chi connectivity index (χ4v) is 2.94. The van der Waals surface area contributed by atoms with Crippen LogP contribution in [0.5, 0.6) is 0 Å². The lowest BCUT2D eigenvalue weighted by molar-refractivity contribution is -0.126. The third-order valence-electron chi connectivity index (χ3n) is 2.59. The summed E-state index contributed by atoms with van der Waals surface area (Å²) in [6, 6.07) is -0.990. The molecule has 0 radical (unpaired) electrons. The third-order valence-corrected chi connectivity index (χ3v) is 3.98.